The molecule has 2 aromatic rings. The zero-order valence-electron chi connectivity index (χ0n) is 26.0. The SMILES string of the molecule is COC(=O)[C@@H]1CCCN1C(=O)Cn1cnc(NC(=O)[C@@H](COCc2ccccc2)NC(=O)C(C)(C)NC(=O)OC(C)(C)C)c1. The van der Waals surface area contributed by atoms with E-state index >= 15 is 0 Å². The third-order valence-corrected chi connectivity index (χ3v) is 6.65. The second-order valence-electron chi connectivity index (χ2n) is 12.0. The summed E-state index contributed by atoms with van der Waals surface area (Å²) in [7, 11) is 1.29. The molecule has 0 saturated carbocycles. The molecule has 44 heavy (non-hydrogen) atoms. The number of carbonyl (C=O) groups excluding carboxylic acids is 5. The predicted octanol–water partition coefficient (Wildman–Crippen LogP) is 1.99. The first kappa shape index (κ1) is 34.0. The Morgan fingerprint density at radius 1 is 1.07 bits per heavy atom. The molecule has 1 fully saturated rings. The number of aromatic nitrogens is 2. The van der Waals surface area contributed by atoms with Gasteiger partial charge in [0.1, 0.15) is 29.8 Å². The van der Waals surface area contributed by atoms with Crippen LogP contribution in [0.15, 0.2) is 42.9 Å². The van der Waals surface area contributed by atoms with Crippen molar-refractivity contribution in [1.82, 2.24) is 25.1 Å². The Kier molecular flexibility index (Phi) is 11.5. The zero-order valence-corrected chi connectivity index (χ0v) is 26.0. The number of carbonyl (C=O) groups is 5. The molecular formula is C30H42N6O8. The first-order valence-corrected chi connectivity index (χ1v) is 14.3. The number of amides is 4. The minimum absolute atomic E-state index is 0.0960. The Balaban J connectivity index is 1.66. The van der Waals surface area contributed by atoms with E-state index in [1.54, 1.807) is 20.8 Å². The van der Waals surface area contributed by atoms with Gasteiger partial charge in [-0.1, -0.05) is 30.3 Å². The van der Waals surface area contributed by atoms with Gasteiger partial charge in [0.05, 0.1) is 26.7 Å². The number of benzene rings is 1. The van der Waals surface area contributed by atoms with Crippen LogP contribution in [0.2, 0.25) is 0 Å². The molecule has 1 saturated heterocycles. The number of hydrogen-bond donors (Lipinski definition) is 3. The number of likely N-dealkylation sites (tertiary alicyclic amines) is 1. The summed E-state index contributed by atoms with van der Waals surface area (Å²) in [6, 6.07) is 7.53. The lowest BCUT2D eigenvalue weighted by atomic mass is 10.0. The van der Waals surface area contributed by atoms with Crippen LogP contribution in [0.3, 0.4) is 0 Å². The van der Waals surface area contributed by atoms with E-state index in [-0.39, 0.29) is 31.5 Å². The summed E-state index contributed by atoms with van der Waals surface area (Å²) in [5, 5.41) is 7.81. The number of methoxy groups -OCH3 is 1. The van der Waals surface area contributed by atoms with Crippen molar-refractivity contribution in [3.8, 4) is 0 Å². The van der Waals surface area contributed by atoms with Gasteiger partial charge in [0.2, 0.25) is 11.8 Å². The summed E-state index contributed by atoms with van der Waals surface area (Å²) in [5.74, 6) is -1.87. The topological polar surface area (TPSA) is 170 Å². The molecule has 14 nitrogen and oxygen atoms in total. The molecule has 3 N–H and O–H groups in total. The summed E-state index contributed by atoms with van der Waals surface area (Å²) in [6.07, 6.45) is 3.29. The summed E-state index contributed by atoms with van der Waals surface area (Å²) in [5.41, 5.74) is -1.32. The van der Waals surface area contributed by atoms with Crippen molar-refractivity contribution >= 4 is 35.6 Å². The highest BCUT2D eigenvalue weighted by molar-refractivity contribution is 5.98. The Morgan fingerprint density at radius 2 is 1.77 bits per heavy atom. The number of nitrogens with zero attached hydrogens (tertiary/aromatic N) is 3. The van der Waals surface area contributed by atoms with Crippen LogP contribution in [0, 0.1) is 0 Å². The maximum Gasteiger partial charge on any atom is 0.408 e. The number of imidazole rings is 1. The molecule has 240 valence electrons. The Labute approximate surface area is 256 Å². The van der Waals surface area contributed by atoms with Gasteiger partial charge in [-0.2, -0.15) is 0 Å². The predicted molar refractivity (Wildman–Crippen MR) is 159 cm³/mol. The van der Waals surface area contributed by atoms with E-state index in [4.69, 9.17) is 14.2 Å². The highest BCUT2D eigenvalue weighted by atomic mass is 16.6. The molecule has 3 rings (SSSR count). The highest BCUT2D eigenvalue weighted by Crippen LogP contribution is 2.19. The lowest BCUT2D eigenvalue weighted by Gasteiger charge is -2.29. The number of alkyl carbamates (subject to hydrolysis) is 1. The Morgan fingerprint density at radius 3 is 2.43 bits per heavy atom. The molecule has 1 aliphatic rings. The first-order valence-electron chi connectivity index (χ1n) is 14.3. The van der Waals surface area contributed by atoms with Crippen LogP contribution < -0.4 is 16.0 Å². The van der Waals surface area contributed by atoms with Crippen molar-refractivity contribution in [3.63, 3.8) is 0 Å². The summed E-state index contributed by atoms with van der Waals surface area (Å²) in [6.45, 7) is 8.43. The van der Waals surface area contributed by atoms with Crippen LogP contribution in [0.1, 0.15) is 53.0 Å². The van der Waals surface area contributed by atoms with E-state index in [9.17, 15) is 24.0 Å². The molecule has 1 aromatic carbocycles. The van der Waals surface area contributed by atoms with Crippen molar-refractivity contribution < 1.29 is 38.2 Å². The average Bonchev–Trinajstić information content (AvgIpc) is 3.61. The molecule has 1 aliphatic heterocycles. The van der Waals surface area contributed by atoms with Gasteiger partial charge in [-0.3, -0.25) is 14.4 Å². The average molecular weight is 615 g/mol. The highest BCUT2D eigenvalue weighted by Gasteiger charge is 2.36. The fourth-order valence-corrected chi connectivity index (χ4v) is 4.42. The Hall–Kier alpha value is -4.46. The fourth-order valence-electron chi connectivity index (χ4n) is 4.42. The molecule has 0 aliphatic carbocycles. The quantitative estimate of drug-likeness (QED) is 0.303. The second kappa shape index (κ2) is 14.8. The van der Waals surface area contributed by atoms with Crippen molar-refractivity contribution in [2.45, 2.75) is 83.8 Å². The van der Waals surface area contributed by atoms with Crippen LogP contribution in [0.4, 0.5) is 10.6 Å². The second-order valence-corrected chi connectivity index (χ2v) is 12.0. The smallest absolute Gasteiger partial charge is 0.408 e. The molecule has 0 radical (unpaired) electrons. The normalized spacial score (nSPS) is 15.7. The van der Waals surface area contributed by atoms with Gasteiger partial charge in [-0.25, -0.2) is 14.6 Å². The number of rotatable bonds is 12. The molecule has 1 aromatic heterocycles. The molecule has 0 unspecified atom stereocenters. The standard InChI is InChI=1S/C30H42N6O8/c1-29(2,3)44-28(41)34-30(4,5)27(40)32-21(18-43-17-20-11-8-7-9-12-20)25(38)33-23-15-35(19-31-23)16-24(37)36-14-10-13-22(36)26(39)42-6/h7-9,11-12,15,19,21-22H,10,13-14,16-18H2,1-6H3,(H,32,40)(H,33,38)(H,34,41)/t21-,22+/m1/s1. The number of hydrogen-bond acceptors (Lipinski definition) is 9. The lowest BCUT2D eigenvalue weighted by molar-refractivity contribution is -0.151. The molecule has 0 bridgehead atoms. The monoisotopic (exact) mass is 614 g/mol. The summed E-state index contributed by atoms with van der Waals surface area (Å²) < 4.78 is 17.3. The van der Waals surface area contributed by atoms with Gasteiger partial charge < -0.3 is 39.6 Å². The van der Waals surface area contributed by atoms with Gasteiger partial charge in [0.15, 0.2) is 5.82 Å². The minimum atomic E-state index is -1.43. The minimum Gasteiger partial charge on any atom is -0.467 e. The summed E-state index contributed by atoms with van der Waals surface area (Å²) in [4.78, 5) is 69.4. The molecule has 4 amide bonds. The van der Waals surface area contributed by atoms with Crippen LogP contribution >= 0.6 is 0 Å². The third kappa shape index (κ3) is 10.1. The van der Waals surface area contributed by atoms with Crippen molar-refractivity contribution in [2.24, 2.45) is 0 Å². The molecule has 0 spiro atoms. The molecular weight excluding hydrogens is 572 g/mol. The number of esters is 1. The van der Waals surface area contributed by atoms with Crippen LogP contribution in [0.5, 0.6) is 0 Å². The Bertz CT molecular complexity index is 1320. The van der Waals surface area contributed by atoms with Gasteiger partial charge in [0, 0.05) is 12.7 Å². The van der Waals surface area contributed by atoms with E-state index in [1.807, 2.05) is 30.3 Å². The van der Waals surface area contributed by atoms with Crippen LogP contribution in [0.25, 0.3) is 0 Å². The van der Waals surface area contributed by atoms with Crippen molar-refractivity contribution in [2.75, 3.05) is 25.6 Å². The molecule has 14 heteroatoms. The van der Waals surface area contributed by atoms with E-state index in [0.717, 1.165) is 5.56 Å². The zero-order chi connectivity index (χ0) is 32.5. The van der Waals surface area contributed by atoms with E-state index in [2.05, 4.69) is 20.9 Å². The maximum atomic E-state index is 13.3. The first-order chi connectivity index (χ1) is 20.7. The van der Waals surface area contributed by atoms with Gasteiger partial charge in [-0.15, -0.1) is 0 Å². The largest absolute Gasteiger partial charge is 0.467 e. The van der Waals surface area contributed by atoms with E-state index < -0.39 is 47.1 Å². The number of anilines is 1. The maximum absolute atomic E-state index is 13.3. The van der Waals surface area contributed by atoms with Crippen molar-refractivity contribution in [3.05, 3.63) is 48.4 Å². The van der Waals surface area contributed by atoms with Gasteiger partial charge in [0.25, 0.3) is 5.91 Å². The van der Waals surface area contributed by atoms with E-state index in [0.29, 0.717) is 19.4 Å². The van der Waals surface area contributed by atoms with Crippen LogP contribution in [-0.4, -0.2) is 87.7 Å². The van der Waals surface area contributed by atoms with Gasteiger partial charge >= 0.3 is 12.1 Å². The number of nitrogens with one attached hydrogen (secondary N) is 3. The lowest BCUT2D eigenvalue weighted by Crippen LogP contribution is -2.59. The van der Waals surface area contributed by atoms with Crippen molar-refractivity contribution in [1.29, 1.82) is 0 Å². The number of ether oxygens (including phenoxy) is 3. The fraction of sp³-hybridized carbons (Fsp3) is 0.533. The van der Waals surface area contributed by atoms with Gasteiger partial charge in [-0.05, 0) is 53.0 Å². The molecule has 2 atom stereocenters. The third-order valence-electron chi connectivity index (χ3n) is 6.65. The van der Waals surface area contributed by atoms with Crippen LogP contribution in [-0.2, 0) is 46.5 Å². The molecule has 2 heterocycles. The van der Waals surface area contributed by atoms with E-state index in [1.165, 1.54) is 42.9 Å². The summed E-state index contributed by atoms with van der Waals surface area (Å²) >= 11 is 0.